The lowest BCUT2D eigenvalue weighted by atomic mass is 9.83. The smallest absolute Gasteiger partial charge is 0.203 e. The maximum atomic E-state index is 4.62. The first-order valence-electron chi connectivity index (χ1n) is 5.24. The minimum Gasteiger partial charge on any atom is -0.356 e. The van der Waals surface area contributed by atoms with Gasteiger partial charge < -0.3 is 9.88 Å². The van der Waals surface area contributed by atoms with E-state index in [0.29, 0.717) is 0 Å². The zero-order valence-electron chi connectivity index (χ0n) is 7.79. The highest BCUT2D eigenvalue weighted by Gasteiger charge is 2.23. The summed E-state index contributed by atoms with van der Waals surface area (Å²) in [4.78, 5) is 4.62. The van der Waals surface area contributed by atoms with Crippen molar-refractivity contribution >= 4 is 5.95 Å². The lowest BCUT2D eigenvalue weighted by Crippen LogP contribution is -2.16. The lowest BCUT2D eigenvalue weighted by molar-refractivity contribution is 0.412. The average molecular weight is 177 g/mol. The maximum Gasteiger partial charge on any atom is 0.203 e. The first-order chi connectivity index (χ1) is 6.43. The highest BCUT2D eigenvalue weighted by molar-refractivity contribution is 5.32. The van der Waals surface area contributed by atoms with Gasteiger partial charge in [0.2, 0.25) is 5.95 Å². The van der Waals surface area contributed by atoms with Crippen molar-refractivity contribution in [1.82, 2.24) is 9.55 Å². The van der Waals surface area contributed by atoms with Gasteiger partial charge in [-0.2, -0.15) is 0 Å². The molecule has 0 atom stereocenters. The second-order valence-corrected chi connectivity index (χ2v) is 4.09. The summed E-state index contributed by atoms with van der Waals surface area (Å²) in [6, 6.07) is 0. The molecule has 0 amide bonds. The second kappa shape index (κ2) is 2.76. The summed E-state index contributed by atoms with van der Waals surface area (Å²) in [5.74, 6) is 1.85. The van der Waals surface area contributed by atoms with E-state index in [4.69, 9.17) is 0 Å². The molecule has 0 unspecified atom stereocenters. The van der Waals surface area contributed by atoms with Gasteiger partial charge in [0.15, 0.2) is 0 Å². The topological polar surface area (TPSA) is 29.9 Å². The zero-order valence-corrected chi connectivity index (χ0v) is 7.79. The fraction of sp³-hybridized carbons (Fsp3) is 0.700. The molecule has 0 spiro atoms. The maximum absolute atomic E-state index is 4.62. The van der Waals surface area contributed by atoms with Crippen molar-refractivity contribution in [1.29, 1.82) is 0 Å². The van der Waals surface area contributed by atoms with Crippen LogP contribution >= 0.6 is 0 Å². The van der Waals surface area contributed by atoms with Crippen molar-refractivity contribution in [2.24, 2.45) is 0 Å². The van der Waals surface area contributed by atoms with Gasteiger partial charge in [-0.15, -0.1) is 0 Å². The molecule has 0 bridgehead atoms. The molecule has 1 aromatic rings. The Labute approximate surface area is 78.2 Å². The summed E-state index contributed by atoms with van der Waals surface area (Å²) in [5.41, 5.74) is 1.32. The van der Waals surface area contributed by atoms with Crippen molar-refractivity contribution in [3.05, 3.63) is 11.9 Å². The van der Waals surface area contributed by atoms with Crippen LogP contribution < -0.4 is 5.32 Å². The predicted molar refractivity (Wildman–Crippen MR) is 51.9 cm³/mol. The Morgan fingerprint density at radius 2 is 2.31 bits per heavy atom. The van der Waals surface area contributed by atoms with Crippen LogP contribution in [0.15, 0.2) is 6.20 Å². The Hall–Kier alpha value is -0.990. The summed E-state index contributed by atoms with van der Waals surface area (Å²) in [7, 11) is 0. The molecule has 1 fully saturated rings. The number of aromatic nitrogens is 2. The van der Waals surface area contributed by atoms with Gasteiger partial charge in [0.1, 0.15) is 0 Å². The highest BCUT2D eigenvalue weighted by Crippen LogP contribution is 2.36. The van der Waals surface area contributed by atoms with E-state index in [0.717, 1.165) is 25.0 Å². The Morgan fingerprint density at radius 1 is 1.38 bits per heavy atom. The summed E-state index contributed by atoms with van der Waals surface area (Å²) in [5, 5.41) is 3.34. The van der Waals surface area contributed by atoms with Gasteiger partial charge >= 0.3 is 0 Å². The number of fused-ring (bicyclic) bond motifs is 1. The van der Waals surface area contributed by atoms with Gasteiger partial charge in [0.25, 0.3) is 0 Å². The molecule has 1 N–H and O–H groups in total. The minimum atomic E-state index is 0.764. The third-order valence-corrected chi connectivity index (χ3v) is 3.18. The number of aryl methyl sites for hydroxylation is 1. The number of hydrogen-bond donors (Lipinski definition) is 1. The number of imidazole rings is 1. The molecule has 1 aromatic heterocycles. The molecule has 3 rings (SSSR count). The second-order valence-electron chi connectivity index (χ2n) is 4.09. The summed E-state index contributed by atoms with van der Waals surface area (Å²) in [6.07, 6.45) is 7.55. The molecule has 1 aliphatic carbocycles. The van der Waals surface area contributed by atoms with Gasteiger partial charge in [-0.1, -0.05) is 6.42 Å². The van der Waals surface area contributed by atoms with Crippen LogP contribution in [0.2, 0.25) is 0 Å². The van der Waals surface area contributed by atoms with E-state index in [-0.39, 0.29) is 0 Å². The van der Waals surface area contributed by atoms with E-state index in [1.807, 2.05) is 0 Å². The van der Waals surface area contributed by atoms with E-state index in [2.05, 4.69) is 21.1 Å². The highest BCUT2D eigenvalue weighted by atomic mass is 15.2. The molecule has 1 saturated carbocycles. The molecule has 2 aliphatic rings. The number of hydrogen-bond acceptors (Lipinski definition) is 2. The van der Waals surface area contributed by atoms with E-state index in [1.54, 1.807) is 0 Å². The fourth-order valence-electron chi connectivity index (χ4n) is 2.10. The van der Waals surface area contributed by atoms with Gasteiger partial charge in [-0.3, -0.25) is 0 Å². The van der Waals surface area contributed by atoms with Crippen molar-refractivity contribution in [2.75, 3.05) is 11.9 Å². The van der Waals surface area contributed by atoms with Gasteiger partial charge in [-0.05, 0) is 19.3 Å². The Bertz CT molecular complexity index is 288. The molecule has 2 heterocycles. The summed E-state index contributed by atoms with van der Waals surface area (Å²) >= 11 is 0. The molecule has 3 nitrogen and oxygen atoms in total. The van der Waals surface area contributed by atoms with Crippen LogP contribution in [0.3, 0.4) is 0 Å². The van der Waals surface area contributed by atoms with E-state index in [1.165, 1.54) is 31.4 Å². The summed E-state index contributed by atoms with van der Waals surface area (Å²) < 4.78 is 2.26. The molecular formula is C10H15N3. The largest absolute Gasteiger partial charge is 0.356 e. The number of rotatable bonds is 1. The molecule has 0 saturated heterocycles. The van der Waals surface area contributed by atoms with E-state index < -0.39 is 0 Å². The van der Waals surface area contributed by atoms with Crippen LogP contribution in [0.5, 0.6) is 0 Å². The number of nitrogens with zero attached hydrogens (tertiary/aromatic N) is 2. The predicted octanol–water partition coefficient (Wildman–Crippen LogP) is 1.97. The van der Waals surface area contributed by atoms with Crippen molar-refractivity contribution in [3.8, 4) is 0 Å². The SMILES string of the molecule is c1c(C2CCC2)nc2n1CCCN2. The van der Waals surface area contributed by atoms with Gasteiger partial charge in [0.05, 0.1) is 5.69 Å². The third kappa shape index (κ3) is 1.14. The Morgan fingerprint density at radius 3 is 3.00 bits per heavy atom. The van der Waals surface area contributed by atoms with Crippen LogP contribution in [-0.2, 0) is 6.54 Å². The monoisotopic (exact) mass is 177 g/mol. The minimum absolute atomic E-state index is 0.764. The Balaban J connectivity index is 1.90. The summed E-state index contributed by atoms with van der Waals surface area (Å²) in [6.45, 7) is 2.23. The molecule has 70 valence electrons. The lowest BCUT2D eigenvalue weighted by Gasteiger charge is -2.22. The van der Waals surface area contributed by atoms with Crippen molar-refractivity contribution in [2.45, 2.75) is 38.1 Å². The van der Waals surface area contributed by atoms with E-state index in [9.17, 15) is 0 Å². The van der Waals surface area contributed by atoms with Gasteiger partial charge in [0, 0.05) is 25.2 Å². The van der Waals surface area contributed by atoms with Crippen molar-refractivity contribution in [3.63, 3.8) is 0 Å². The van der Waals surface area contributed by atoms with Crippen molar-refractivity contribution < 1.29 is 0 Å². The molecule has 0 aromatic carbocycles. The molecule has 13 heavy (non-hydrogen) atoms. The number of nitrogens with one attached hydrogen (secondary N) is 1. The molecule has 1 aliphatic heterocycles. The first kappa shape index (κ1) is 7.42. The zero-order chi connectivity index (χ0) is 8.67. The van der Waals surface area contributed by atoms with E-state index >= 15 is 0 Å². The normalized spacial score (nSPS) is 21.8. The fourth-order valence-corrected chi connectivity index (χ4v) is 2.10. The standard InChI is InChI=1S/C10H15N3/c1-3-8(4-1)9-7-13-6-2-5-11-10(13)12-9/h7-8H,1-6H2,(H,11,12). The molecule has 0 radical (unpaired) electrons. The average Bonchev–Trinajstić information content (AvgIpc) is 2.43. The van der Waals surface area contributed by atoms with Crippen LogP contribution in [-0.4, -0.2) is 16.1 Å². The third-order valence-electron chi connectivity index (χ3n) is 3.18. The molecular weight excluding hydrogens is 162 g/mol. The van der Waals surface area contributed by atoms with Crippen LogP contribution in [0.4, 0.5) is 5.95 Å². The Kier molecular flexibility index (Phi) is 1.57. The number of anilines is 1. The van der Waals surface area contributed by atoms with Crippen LogP contribution in [0, 0.1) is 0 Å². The van der Waals surface area contributed by atoms with Gasteiger partial charge in [-0.25, -0.2) is 4.98 Å². The molecule has 3 heteroatoms. The van der Waals surface area contributed by atoms with Crippen LogP contribution in [0.1, 0.15) is 37.3 Å². The first-order valence-corrected chi connectivity index (χ1v) is 5.24. The van der Waals surface area contributed by atoms with Crippen LogP contribution in [0.25, 0.3) is 0 Å². The quantitative estimate of drug-likeness (QED) is 0.710.